The monoisotopic (exact) mass is 427 g/mol. The molecule has 0 atom stereocenters. The van der Waals surface area contributed by atoms with Crippen molar-refractivity contribution in [2.24, 2.45) is 5.41 Å². The zero-order valence-corrected chi connectivity index (χ0v) is 18.2. The minimum atomic E-state index is -0.229. The molecule has 0 fully saturated rings. The van der Waals surface area contributed by atoms with Crippen molar-refractivity contribution in [2.45, 2.75) is 40.0 Å². The maximum absolute atomic E-state index is 12.8. The van der Waals surface area contributed by atoms with Gasteiger partial charge in [-0.05, 0) is 53.3 Å². The molecule has 0 aliphatic heterocycles. The predicted molar refractivity (Wildman–Crippen MR) is 118 cm³/mol. The number of aryl methyl sites for hydroxylation is 1. The highest BCUT2D eigenvalue weighted by atomic mass is 35.5. The third-order valence-corrected chi connectivity index (χ3v) is 6.25. The van der Waals surface area contributed by atoms with Crippen LogP contribution < -0.4 is 4.74 Å². The molecule has 1 N–H and O–H groups in total. The van der Waals surface area contributed by atoms with Gasteiger partial charge in [-0.3, -0.25) is 4.79 Å². The number of carbonyl (C=O) groups excluding carboxylic acids is 1. The number of aromatic nitrogens is 1. The first-order valence-corrected chi connectivity index (χ1v) is 10.8. The van der Waals surface area contributed by atoms with Crippen molar-refractivity contribution in [1.29, 1.82) is 0 Å². The summed E-state index contributed by atoms with van der Waals surface area (Å²) in [5.74, 6) is 0.716. The molecule has 0 bridgehead atoms. The van der Waals surface area contributed by atoms with Gasteiger partial charge in [0.2, 0.25) is 0 Å². The first kappa shape index (κ1) is 19.9. The molecule has 2 aromatic carbocycles. The van der Waals surface area contributed by atoms with Crippen molar-refractivity contribution in [2.75, 3.05) is 0 Å². The van der Waals surface area contributed by atoms with E-state index in [4.69, 9.17) is 16.3 Å². The minimum absolute atomic E-state index is 0.0276. The predicted octanol–water partition coefficient (Wildman–Crippen LogP) is 6.96. The number of aliphatic hydroxyl groups is 1. The molecule has 0 saturated carbocycles. The van der Waals surface area contributed by atoms with Crippen molar-refractivity contribution in [3.63, 3.8) is 0 Å². The molecule has 4 nitrogen and oxygen atoms in total. The van der Waals surface area contributed by atoms with Crippen molar-refractivity contribution >= 4 is 44.5 Å². The first-order chi connectivity index (χ1) is 13.8. The van der Waals surface area contributed by atoms with E-state index in [2.05, 4.69) is 4.98 Å². The highest BCUT2D eigenvalue weighted by Gasteiger charge is 2.34. The molecule has 0 unspecified atom stereocenters. The van der Waals surface area contributed by atoms with Crippen molar-refractivity contribution in [3.8, 4) is 10.9 Å². The van der Waals surface area contributed by atoms with Crippen LogP contribution in [-0.2, 0) is 11.2 Å². The summed E-state index contributed by atoms with van der Waals surface area (Å²) in [4.78, 5) is 17.3. The number of rotatable bonds is 4. The van der Waals surface area contributed by atoms with Gasteiger partial charge < -0.3 is 9.84 Å². The summed E-state index contributed by atoms with van der Waals surface area (Å²) in [6.45, 7) is 6.03. The Balaban J connectivity index is 1.72. The number of allylic oxidation sites excluding steroid dienone is 2. The quantitative estimate of drug-likeness (QED) is 0.488. The van der Waals surface area contributed by atoms with E-state index in [1.807, 2.05) is 51.1 Å². The third-order valence-electron chi connectivity index (χ3n) is 5.12. The van der Waals surface area contributed by atoms with Crippen LogP contribution in [0.25, 0.3) is 15.8 Å². The van der Waals surface area contributed by atoms with E-state index in [-0.39, 0.29) is 17.0 Å². The summed E-state index contributed by atoms with van der Waals surface area (Å²) < 4.78 is 6.94. The van der Waals surface area contributed by atoms with Crippen LogP contribution in [0.15, 0.2) is 42.2 Å². The van der Waals surface area contributed by atoms with Crippen LogP contribution in [0, 0.1) is 5.41 Å². The largest absolute Gasteiger partial charge is 0.512 e. The number of fused-ring (bicyclic) bond motifs is 1. The molecule has 0 radical (unpaired) electrons. The van der Waals surface area contributed by atoms with E-state index in [1.165, 1.54) is 11.3 Å². The van der Waals surface area contributed by atoms with Crippen molar-refractivity contribution in [3.05, 3.63) is 58.3 Å². The molecule has 1 aromatic heterocycles. The Morgan fingerprint density at radius 1 is 1.21 bits per heavy atom. The number of halogens is 1. The Morgan fingerprint density at radius 3 is 2.72 bits per heavy atom. The van der Waals surface area contributed by atoms with Crippen LogP contribution in [0.4, 0.5) is 0 Å². The van der Waals surface area contributed by atoms with Crippen LogP contribution in [0.3, 0.4) is 0 Å². The summed E-state index contributed by atoms with van der Waals surface area (Å²) in [5, 5.41) is 11.8. The van der Waals surface area contributed by atoms with Gasteiger partial charge in [0.25, 0.3) is 5.19 Å². The Bertz CT molecular complexity index is 1150. The molecule has 1 aliphatic carbocycles. The lowest BCUT2D eigenvalue weighted by Crippen LogP contribution is -2.25. The summed E-state index contributed by atoms with van der Waals surface area (Å²) in [6.07, 6.45) is 1.66. The normalized spacial score (nSPS) is 16.5. The number of benzene rings is 2. The summed E-state index contributed by atoms with van der Waals surface area (Å²) >= 11 is 7.47. The Kier molecular flexibility index (Phi) is 5.13. The number of nitrogens with zero attached hydrogens (tertiary/aromatic N) is 1. The molecular formula is C23H22ClNO3S. The van der Waals surface area contributed by atoms with Gasteiger partial charge in [0.05, 0.1) is 15.8 Å². The van der Waals surface area contributed by atoms with E-state index in [0.29, 0.717) is 34.4 Å². The molecular weight excluding hydrogens is 406 g/mol. The van der Waals surface area contributed by atoms with Crippen LogP contribution >= 0.6 is 22.9 Å². The lowest BCUT2D eigenvalue weighted by Gasteiger charge is -2.30. The topological polar surface area (TPSA) is 59.4 Å². The van der Waals surface area contributed by atoms with E-state index >= 15 is 0 Å². The molecule has 0 amide bonds. The molecule has 4 rings (SSSR count). The zero-order valence-electron chi connectivity index (χ0n) is 16.6. The van der Waals surface area contributed by atoms with Gasteiger partial charge in [-0.2, -0.15) is 0 Å². The summed E-state index contributed by atoms with van der Waals surface area (Å²) in [6, 6.07) is 11.2. The molecule has 1 heterocycles. The van der Waals surface area contributed by atoms with Gasteiger partial charge >= 0.3 is 0 Å². The van der Waals surface area contributed by atoms with Gasteiger partial charge in [0.15, 0.2) is 5.78 Å². The SMILES string of the molecule is CCc1ccc(Oc2nc3ccc(Cl)cc3s2)cc1C1=C(O)CC(C)(C)CC1=O. The molecule has 0 saturated heterocycles. The lowest BCUT2D eigenvalue weighted by atomic mass is 9.74. The fourth-order valence-electron chi connectivity index (χ4n) is 3.78. The van der Waals surface area contributed by atoms with E-state index in [0.717, 1.165) is 27.8 Å². The lowest BCUT2D eigenvalue weighted by molar-refractivity contribution is -0.116. The molecule has 0 spiro atoms. The zero-order chi connectivity index (χ0) is 20.8. The number of Topliss-reactive ketones (excluding diaryl/α,β-unsaturated/α-hetero) is 1. The molecule has 1 aliphatic rings. The van der Waals surface area contributed by atoms with Gasteiger partial charge in [-0.15, -0.1) is 0 Å². The van der Waals surface area contributed by atoms with Gasteiger partial charge in [-0.25, -0.2) is 4.98 Å². The Labute approximate surface area is 178 Å². The smallest absolute Gasteiger partial charge is 0.279 e. The second-order valence-corrected chi connectivity index (χ2v) is 9.56. The second-order valence-electron chi connectivity index (χ2n) is 8.13. The number of ketones is 1. The fraction of sp³-hybridized carbons (Fsp3) is 0.304. The van der Waals surface area contributed by atoms with Crippen molar-refractivity contribution < 1.29 is 14.6 Å². The second kappa shape index (κ2) is 7.47. The first-order valence-electron chi connectivity index (χ1n) is 9.58. The number of ether oxygens (including phenoxy) is 1. The van der Waals surface area contributed by atoms with Gasteiger partial charge in [-0.1, -0.05) is 49.8 Å². The van der Waals surface area contributed by atoms with Crippen molar-refractivity contribution in [1.82, 2.24) is 4.98 Å². The number of aliphatic hydroxyl groups excluding tert-OH is 1. The summed E-state index contributed by atoms with van der Waals surface area (Å²) in [5.41, 5.74) is 2.76. The average molecular weight is 428 g/mol. The van der Waals surface area contributed by atoms with E-state index in [9.17, 15) is 9.90 Å². The number of thiazole rings is 1. The number of carbonyl (C=O) groups is 1. The maximum atomic E-state index is 12.8. The molecule has 150 valence electrons. The minimum Gasteiger partial charge on any atom is -0.512 e. The molecule has 29 heavy (non-hydrogen) atoms. The third kappa shape index (κ3) is 4.02. The molecule has 3 aromatic rings. The highest BCUT2D eigenvalue weighted by Crippen LogP contribution is 2.41. The fourth-order valence-corrected chi connectivity index (χ4v) is 4.89. The van der Waals surface area contributed by atoms with Gasteiger partial charge in [0, 0.05) is 17.9 Å². The van der Waals surface area contributed by atoms with Crippen LogP contribution in [0.2, 0.25) is 5.02 Å². The average Bonchev–Trinajstić information content (AvgIpc) is 3.01. The number of hydrogen-bond donors (Lipinski definition) is 1. The van der Waals surface area contributed by atoms with Crippen LogP contribution in [0.5, 0.6) is 10.9 Å². The van der Waals surface area contributed by atoms with Gasteiger partial charge in [0.1, 0.15) is 11.5 Å². The summed E-state index contributed by atoms with van der Waals surface area (Å²) in [7, 11) is 0. The van der Waals surface area contributed by atoms with E-state index < -0.39 is 0 Å². The standard InChI is InChI=1S/C23H22ClNO3S/c1-4-13-5-7-15(28-22-25-17-8-6-14(24)9-20(17)29-22)10-16(13)21-18(26)11-23(2,3)12-19(21)27/h5-10,26H,4,11-12H2,1-3H3. The highest BCUT2D eigenvalue weighted by molar-refractivity contribution is 7.20. The molecule has 6 heteroatoms. The Hall–Kier alpha value is -2.37. The Morgan fingerprint density at radius 2 is 2.00 bits per heavy atom. The van der Waals surface area contributed by atoms with E-state index in [1.54, 1.807) is 6.07 Å². The van der Waals surface area contributed by atoms with Crippen LogP contribution in [0.1, 0.15) is 44.7 Å². The maximum Gasteiger partial charge on any atom is 0.279 e. The van der Waals surface area contributed by atoms with Crippen LogP contribution in [-0.4, -0.2) is 15.9 Å². The number of hydrogen-bond acceptors (Lipinski definition) is 5.